The fraction of sp³-hybridized carbons (Fsp3) is 0.433. The SMILES string of the molecule is COc1ccc(S(C)(=O)=O)cc1NCC#Cc1cc(C(=O)N[C@H]2CCN(CCC#N)C[C@@H]2C)c2ncn(CC(F)(F)F)c2c1. The van der Waals surface area contributed by atoms with Crippen molar-refractivity contribution < 1.29 is 31.1 Å². The monoisotopic (exact) mass is 630 g/mol. The van der Waals surface area contributed by atoms with Crippen LogP contribution in [0.15, 0.2) is 41.6 Å². The van der Waals surface area contributed by atoms with Crippen LogP contribution < -0.4 is 15.4 Å². The van der Waals surface area contributed by atoms with E-state index in [1.165, 1.54) is 37.4 Å². The Morgan fingerprint density at radius 3 is 2.68 bits per heavy atom. The first-order valence-corrected chi connectivity index (χ1v) is 15.7. The quantitative estimate of drug-likeness (QED) is 0.342. The number of hydrogen-bond acceptors (Lipinski definition) is 8. The molecule has 14 heteroatoms. The van der Waals surface area contributed by atoms with Crippen molar-refractivity contribution in [1.29, 1.82) is 5.26 Å². The molecule has 0 spiro atoms. The van der Waals surface area contributed by atoms with E-state index < -0.39 is 28.5 Å². The highest BCUT2D eigenvalue weighted by atomic mass is 32.2. The number of halogens is 3. The number of aromatic nitrogens is 2. The third-order valence-corrected chi connectivity index (χ3v) is 8.47. The van der Waals surface area contributed by atoms with Gasteiger partial charge in [-0.3, -0.25) is 4.79 Å². The predicted molar refractivity (Wildman–Crippen MR) is 159 cm³/mol. The number of methoxy groups -OCH3 is 1. The molecule has 2 aromatic carbocycles. The number of imidazole rings is 1. The Kier molecular flexibility index (Phi) is 10.1. The van der Waals surface area contributed by atoms with Crippen LogP contribution in [0.3, 0.4) is 0 Å². The van der Waals surface area contributed by atoms with Gasteiger partial charge in [-0.2, -0.15) is 18.4 Å². The molecule has 2 heterocycles. The summed E-state index contributed by atoms with van der Waals surface area (Å²) < 4.78 is 70.1. The summed E-state index contributed by atoms with van der Waals surface area (Å²) in [7, 11) is -2.02. The molecule has 0 radical (unpaired) electrons. The molecule has 0 bridgehead atoms. The molecule has 10 nitrogen and oxygen atoms in total. The van der Waals surface area contributed by atoms with E-state index in [0.29, 0.717) is 49.5 Å². The number of nitrogens with zero attached hydrogens (tertiary/aromatic N) is 4. The van der Waals surface area contributed by atoms with Crippen molar-refractivity contribution in [2.75, 3.05) is 44.9 Å². The fourth-order valence-electron chi connectivity index (χ4n) is 5.17. The third-order valence-electron chi connectivity index (χ3n) is 7.36. The van der Waals surface area contributed by atoms with Crippen molar-refractivity contribution >= 4 is 32.5 Å². The first-order valence-electron chi connectivity index (χ1n) is 13.9. The van der Waals surface area contributed by atoms with Gasteiger partial charge in [-0.1, -0.05) is 18.8 Å². The van der Waals surface area contributed by atoms with Gasteiger partial charge in [0.25, 0.3) is 5.91 Å². The molecule has 0 saturated carbocycles. The Bertz CT molecular complexity index is 1740. The molecule has 1 amide bonds. The highest BCUT2D eigenvalue weighted by Crippen LogP contribution is 2.28. The smallest absolute Gasteiger partial charge is 0.406 e. The third kappa shape index (κ3) is 8.21. The van der Waals surface area contributed by atoms with Crippen LogP contribution in [0.25, 0.3) is 11.0 Å². The highest BCUT2D eigenvalue weighted by molar-refractivity contribution is 7.90. The van der Waals surface area contributed by atoms with Crippen LogP contribution in [-0.4, -0.2) is 80.5 Å². The number of alkyl halides is 3. The molecule has 1 aromatic heterocycles. The van der Waals surface area contributed by atoms with E-state index in [9.17, 15) is 26.4 Å². The van der Waals surface area contributed by atoms with Gasteiger partial charge in [0.2, 0.25) is 0 Å². The second-order valence-electron chi connectivity index (χ2n) is 10.7. The number of nitriles is 1. The summed E-state index contributed by atoms with van der Waals surface area (Å²) in [4.78, 5) is 19.9. The van der Waals surface area contributed by atoms with E-state index in [1.54, 1.807) is 0 Å². The Labute approximate surface area is 254 Å². The lowest BCUT2D eigenvalue weighted by Crippen LogP contribution is -2.50. The molecule has 4 rings (SSSR count). The van der Waals surface area contributed by atoms with Crippen molar-refractivity contribution in [1.82, 2.24) is 19.8 Å². The minimum Gasteiger partial charge on any atom is -0.495 e. The van der Waals surface area contributed by atoms with Crippen LogP contribution in [0.2, 0.25) is 0 Å². The molecular weight excluding hydrogens is 597 g/mol. The summed E-state index contributed by atoms with van der Waals surface area (Å²) in [6.45, 7) is 2.85. The lowest BCUT2D eigenvalue weighted by Gasteiger charge is -2.37. The predicted octanol–water partition coefficient (Wildman–Crippen LogP) is 3.83. The van der Waals surface area contributed by atoms with Gasteiger partial charge in [-0.25, -0.2) is 13.4 Å². The topological polar surface area (TPSA) is 129 Å². The van der Waals surface area contributed by atoms with Crippen LogP contribution in [0, 0.1) is 29.1 Å². The Morgan fingerprint density at radius 2 is 2.02 bits per heavy atom. The van der Waals surface area contributed by atoms with Crippen molar-refractivity contribution in [2.24, 2.45) is 5.92 Å². The van der Waals surface area contributed by atoms with Crippen LogP contribution >= 0.6 is 0 Å². The van der Waals surface area contributed by atoms with E-state index in [4.69, 9.17) is 10.00 Å². The Morgan fingerprint density at radius 1 is 1.25 bits per heavy atom. The summed E-state index contributed by atoms with van der Waals surface area (Å²) in [5.41, 5.74) is 1.08. The summed E-state index contributed by atoms with van der Waals surface area (Å²) in [5, 5.41) is 14.9. The Hall–Kier alpha value is -4.27. The molecule has 0 aliphatic carbocycles. The van der Waals surface area contributed by atoms with Crippen molar-refractivity contribution in [3.63, 3.8) is 0 Å². The lowest BCUT2D eigenvalue weighted by atomic mass is 9.93. The summed E-state index contributed by atoms with van der Waals surface area (Å²) in [6.07, 6.45) is -1.26. The van der Waals surface area contributed by atoms with E-state index in [0.717, 1.165) is 17.2 Å². The number of rotatable bonds is 9. The zero-order chi connectivity index (χ0) is 32.1. The molecule has 1 saturated heterocycles. The number of likely N-dealkylation sites (tertiary alicyclic amines) is 1. The molecule has 1 aliphatic rings. The number of fused-ring (bicyclic) bond motifs is 1. The Balaban J connectivity index is 1.59. The van der Waals surface area contributed by atoms with Crippen molar-refractivity contribution in [3.8, 4) is 23.7 Å². The zero-order valence-electron chi connectivity index (χ0n) is 24.5. The molecule has 0 unspecified atom stereocenters. The van der Waals surface area contributed by atoms with E-state index in [1.807, 2.05) is 6.92 Å². The number of sulfone groups is 1. The molecule has 1 aliphatic heterocycles. The molecule has 2 atom stereocenters. The number of benzene rings is 2. The van der Waals surface area contributed by atoms with E-state index in [2.05, 4.69) is 38.4 Å². The number of carbonyl (C=O) groups is 1. The maximum atomic E-state index is 13.5. The molecule has 44 heavy (non-hydrogen) atoms. The van der Waals surface area contributed by atoms with Crippen molar-refractivity contribution in [2.45, 2.75) is 43.4 Å². The second-order valence-corrected chi connectivity index (χ2v) is 12.7. The number of ether oxygens (including phenoxy) is 1. The first-order chi connectivity index (χ1) is 20.8. The second kappa shape index (κ2) is 13.6. The summed E-state index contributed by atoms with van der Waals surface area (Å²) in [6, 6.07) is 9.31. The van der Waals surface area contributed by atoms with Gasteiger partial charge in [-0.15, -0.1) is 0 Å². The van der Waals surface area contributed by atoms with Crippen LogP contribution in [0.4, 0.5) is 18.9 Å². The van der Waals surface area contributed by atoms with Crippen LogP contribution in [-0.2, 0) is 16.4 Å². The fourth-order valence-corrected chi connectivity index (χ4v) is 5.82. The van der Waals surface area contributed by atoms with Gasteiger partial charge in [0.1, 0.15) is 17.8 Å². The molecule has 2 N–H and O–H groups in total. The lowest BCUT2D eigenvalue weighted by molar-refractivity contribution is -0.139. The highest BCUT2D eigenvalue weighted by Gasteiger charge is 2.31. The normalized spacial score (nSPS) is 17.4. The average Bonchev–Trinajstić information content (AvgIpc) is 3.35. The largest absolute Gasteiger partial charge is 0.495 e. The standard InChI is InChI=1S/C30H33F3N6O4S/c1-20-17-38(12-5-10-34)13-9-24(20)37-29(40)23-14-21(15-26-28(23)36-19-39(26)18-30(31,32)33)6-4-11-35-25-16-22(44(3,41)42)7-8-27(25)43-2/h7-8,14-16,19-20,24,35H,5,9,11-13,17-18H2,1-3H3,(H,37,40)/t20-,24-/m0/s1. The maximum Gasteiger partial charge on any atom is 0.406 e. The maximum absolute atomic E-state index is 13.5. The molecular formula is C30H33F3N6O4S. The molecule has 3 aromatic rings. The summed E-state index contributed by atoms with van der Waals surface area (Å²) >= 11 is 0. The van der Waals surface area contributed by atoms with Gasteiger partial charge in [-0.05, 0) is 42.7 Å². The number of amides is 1. The number of carbonyl (C=O) groups excluding carboxylic acids is 1. The first kappa shape index (κ1) is 32.6. The molecule has 234 valence electrons. The summed E-state index contributed by atoms with van der Waals surface area (Å²) in [5.74, 6) is 5.82. The average molecular weight is 631 g/mol. The van der Waals surface area contributed by atoms with Gasteiger partial charge in [0.15, 0.2) is 9.84 Å². The van der Waals surface area contributed by atoms with Gasteiger partial charge < -0.3 is 24.8 Å². The minimum atomic E-state index is -4.50. The van der Waals surface area contributed by atoms with Gasteiger partial charge >= 0.3 is 6.18 Å². The molecule has 1 fully saturated rings. The van der Waals surface area contributed by atoms with Gasteiger partial charge in [0.05, 0.1) is 47.7 Å². The number of anilines is 1. The van der Waals surface area contributed by atoms with E-state index in [-0.39, 0.29) is 40.0 Å². The number of hydrogen-bond donors (Lipinski definition) is 2. The van der Waals surface area contributed by atoms with Crippen LogP contribution in [0.1, 0.15) is 35.7 Å². The van der Waals surface area contributed by atoms with E-state index >= 15 is 0 Å². The number of nitrogens with one attached hydrogen (secondary N) is 2. The van der Waals surface area contributed by atoms with Gasteiger partial charge in [0, 0.05) is 43.9 Å². The number of piperidine rings is 1. The zero-order valence-corrected chi connectivity index (χ0v) is 25.3. The van der Waals surface area contributed by atoms with Crippen LogP contribution in [0.5, 0.6) is 5.75 Å². The van der Waals surface area contributed by atoms with Crippen molar-refractivity contribution in [3.05, 3.63) is 47.8 Å². The minimum absolute atomic E-state index is 0.0485.